The number of rotatable bonds is 4. The molecular formula is C16H15N3O2. The lowest BCUT2D eigenvalue weighted by atomic mass is 10.1. The minimum absolute atomic E-state index is 0.0681. The van der Waals surface area contributed by atoms with Crippen molar-refractivity contribution in [3.8, 4) is 0 Å². The average Bonchev–Trinajstić information content (AvgIpc) is 3.13. The van der Waals surface area contributed by atoms with E-state index in [2.05, 4.69) is 15.3 Å². The predicted molar refractivity (Wildman–Crippen MR) is 80.3 cm³/mol. The van der Waals surface area contributed by atoms with Gasteiger partial charge in [-0.15, -0.1) is 0 Å². The van der Waals surface area contributed by atoms with Gasteiger partial charge in [0.25, 0.3) is 5.91 Å². The van der Waals surface area contributed by atoms with Gasteiger partial charge in [0.05, 0.1) is 5.52 Å². The van der Waals surface area contributed by atoms with Crippen molar-refractivity contribution in [2.24, 2.45) is 0 Å². The highest BCUT2D eigenvalue weighted by atomic mass is 16.2. The lowest BCUT2D eigenvalue weighted by Gasteiger charge is -2.05. The number of benzene rings is 1. The number of fused-ring (bicyclic) bond motifs is 1. The molecule has 0 aliphatic rings. The number of hydrogen-bond acceptors (Lipinski definition) is 2. The first-order chi connectivity index (χ1) is 10.1. The maximum absolute atomic E-state index is 12.1. The Morgan fingerprint density at radius 2 is 2.05 bits per heavy atom. The molecule has 0 atom stereocenters. The minimum Gasteiger partial charge on any atom is -0.361 e. The molecule has 21 heavy (non-hydrogen) atoms. The lowest BCUT2D eigenvalue weighted by molar-refractivity contribution is 0.0946. The Morgan fingerprint density at radius 1 is 1.19 bits per heavy atom. The number of H-pyrrole nitrogens is 2. The molecule has 3 N–H and O–H groups in total. The second-order valence-electron chi connectivity index (χ2n) is 4.90. The van der Waals surface area contributed by atoms with Crippen LogP contribution < -0.4 is 5.32 Å². The molecule has 3 aromatic rings. The smallest absolute Gasteiger partial charge is 0.267 e. The van der Waals surface area contributed by atoms with Crippen molar-refractivity contribution in [3.05, 3.63) is 59.5 Å². The Balaban J connectivity index is 1.73. The minimum atomic E-state index is -0.231. The quantitative estimate of drug-likeness (QED) is 0.643. The lowest BCUT2D eigenvalue weighted by Crippen LogP contribution is -2.23. The first-order valence-corrected chi connectivity index (χ1v) is 6.67. The Bertz CT molecular complexity index is 814. The molecule has 5 heteroatoms. The van der Waals surface area contributed by atoms with Crippen LogP contribution in [0.15, 0.2) is 42.7 Å². The second-order valence-corrected chi connectivity index (χ2v) is 4.90. The van der Waals surface area contributed by atoms with E-state index in [4.69, 9.17) is 0 Å². The van der Waals surface area contributed by atoms with Gasteiger partial charge in [0.1, 0.15) is 5.69 Å². The van der Waals surface area contributed by atoms with E-state index >= 15 is 0 Å². The first-order valence-electron chi connectivity index (χ1n) is 6.67. The highest BCUT2D eigenvalue weighted by molar-refractivity contribution is 5.99. The number of para-hydroxylation sites is 1. The summed E-state index contributed by atoms with van der Waals surface area (Å²) in [6.45, 7) is 1.89. The summed E-state index contributed by atoms with van der Waals surface area (Å²) in [6, 6.07) is 9.49. The maximum Gasteiger partial charge on any atom is 0.267 e. The summed E-state index contributed by atoms with van der Waals surface area (Å²) in [5.41, 5.74) is 2.93. The van der Waals surface area contributed by atoms with Crippen molar-refractivity contribution in [2.45, 2.75) is 13.5 Å². The zero-order valence-electron chi connectivity index (χ0n) is 11.6. The number of carbonyl (C=O) groups is 2. The number of aromatic nitrogens is 2. The first kappa shape index (κ1) is 13.2. The predicted octanol–water partition coefficient (Wildman–Crippen LogP) is 2.63. The Morgan fingerprint density at radius 3 is 2.81 bits per heavy atom. The zero-order chi connectivity index (χ0) is 14.8. The largest absolute Gasteiger partial charge is 0.361 e. The molecule has 0 aliphatic carbocycles. The summed E-state index contributed by atoms with van der Waals surface area (Å²) < 4.78 is 0. The summed E-state index contributed by atoms with van der Waals surface area (Å²) >= 11 is 0. The highest BCUT2D eigenvalue weighted by Crippen LogP contribution is 2.16. The summed E-state index contributed by atoms with van der Waals surface area (Å²) in [5.74, 6) is -0.299. The summed E-state index contributed by atoms with van der Waals surface area (Å²) in [5, 5.41) is 3.96. The second kappa shape index (κ2) is 5.28. The Hall–Kier alpha value is -2.82. The van der Waals surface area contributed by atoms with Crippen LogP contribution in [0.3, 0.4) is 0 Å². The Labute approximate surface area is 121 Å². The Kier molecular flexibility index (Phi) is 3.31. The van der Waals surface area contributed by atoms with Crippen LogP contribution in [0.25, 0.3) is 10.9 Å². The molecule has 1 aromatic carbocycles. The molecule has 5 nitrogen and oxygen atoms in total. The van der Waals surface area contributed by atoms with Crippen LogP contribution in [-0.2, 0) is 6.54 Å². The van der Waals surface area contributed by atoms with Gasteiger partial charge in [-0.2, -0.15) is 0 Å². The molecule has 0 unspecified atom stereocenters. The summed E-state index contributed by atoms with van der Waals surface area (Å²) in [7, 11) is 0. The standard InChI is InChI=1S/C16H15N3O2/c1-10(20)13-7-14(18-9-13)16(21)19-8-12-4-2-3-11-5-6-17-15(11)12/h2-7,9,17-18H,8H2,1H3,(H,19,21). The van der Waals surface area contributed by atoms with Gasteiger partial charge < -0.3 is 15.3 Å². The number of nitrogens with one attached hydrogen (secondary N) is 3. The molecule has 0 radical (unpaired) electrons. The van der Waals surface area contributed by atoms with Crippen molar-refractivity contribution in [2.75, 3.05) is 0 Å². The number of amides is 1. The van der Waals surface area contributed by atoms with Crippen LogP contribution in [0, 0.1) is 0 Å². The van der Waals surface area contributed by atoms with Gasteiger partial charge in [-0.3, -0.25) is 9.59 Å². The topological polar surface area (TPSA) is 77.8 Å². The molecule has 0 aliphatic heterocycles. The van der Waals surface area contributed by atoms with Crippen LogP contribution in [0.2, 0.25) is 0 Å². The fourth-order valence-electron chi connectivity index (χ4n) is 2.30. The number of hydrogen-bond donors (Lipinski definition) is 3. The van der Waals surface area contributed by atoms with E-state index in [0.29, 0.717) is 17.8 Å². The third kappa shape index (κ3) is 2.58. The molecule has 3 rings (SSSR count). The van der Waals surface area contributed by atoms with Crippen molar-refractivity contribution < 1.29 is 9.59 Å². The molecule has 0 fully saturated rings. The molecule has 106 valence electrons. The van der Waals surface area contributed by atoms with E-state index in [1.165, 1.54) is 6.92 Å². The van der Waals surface area contributed by atoms with Gasteiger partial charge in [-0.05, 0) is 30.0 Å². The van der Waals surface area contributed by atoms with Gasteiger partial charge in [-0.1, -0.05) is 18.2 Å². The van der Waals surface area contributed by atoms with E-state index in [9.17, 15) is 9.59 Å². The molecule has 0 spiro atoms. The number of carbonyl (C=O) groups excluding carboxylic acids is 2. The summed E-state index contributed by atoms with van der Waals surface area (Å²) in [4.78, 5) is 29.3. The van der Waals surface area contributed by atoms with Gasteiger partial charge >= 0.3 is 0 Å². The SMILES string of the molecule is CC(=O)c1c[nH]c(C(=O)NCc2cccc3cc[nH]c23)c1. The van der Waals surface area contributed by atoms with E-state index in [0.717, 1.165) is 16.5 Å². The van der Waals surface area contributed by atoms with Crippen LogP contribution in [0.1, 0.15) is 33.3 Å². The van der Waals surface area contributed by atoms with E-state index in [1.54, 1.807) is 12.3 Å². The summed E-state index contributed by atoms with van der Waals surface area (Å²) in [6.07, 6.45) is 3.42. The molecular weight excluding hydrogens is 266 g/mol. The van der Waals surface area contributed by atoms with Crippen LogP contribution in [0.5, 0.6) is 0 Å². The third-order valence-corrected chi connectivity index (χ3v) is 3.45. The molecule has 2 heterocycles. The zero-order valence-corrected chi connectivity index (χ0v) is 11.6. The van der Waals surface area contributed by atoms with E-state index in [-0.39, 0.29) is 11.7 Å². The molecule has 0 bridgehead atoms. The van der Waals surface area contributed by atoms with Gasteiger partial charge in [0.15, 0.2) is 5.78 Å². The average molecular weight is 281 g/mol. The third-order valence-electron chi connectivity index (χ3n) is 3.45. The number of Topliss-reactive ketones (excluding diaryl/α,β-unsaturated/α-hetero) is 1. The molecule has 0 saturated carbocycles. The van der Waals surface area contributed by atoms with Crippen LogP contribution in [-0.4, -0.2) is 21.7 Å². The van der Waals surface area contributed by atoms with Crippen molar-refractivity contribution in [1.82, 2.24) is 15.3 Å². The molecule has 0 saturated heterocycles. The number of aromatic amines is 2. The fraction of sp³-hybridized carbons (Fsp3) is 0.125. The van der Waals surface area contributed by atoms with Gasteiger partial charge in [0.2, 0.25) is 0 Å². The van der Waals surface area contributed by atoms with E-state index in [1.807, 2.05) is 30.5 Å². The van der Waals surface area contributed by atoms with Gasteiger partial charge in [-0.25, -0.2) is 0 Å². The van der Waals surface area contributed by atoms with Crippen molar-refractivity contribution in [1.29, 1.82) is 0 Å². The maximum atomic E-state index is 12.1. The number of ketones is 1. The van der Waals surface area contributed by atoms with Gasteiger partial charge in [0, 0.05) is 24.5 Å². The molecule has 2 aromatic heterocycles. The van der Waals surface area contributed by atoms with Crippen molar-refractivity contribution >= 4 is 22.6 Å². The normalized spacial score (nSPS) is 10.7. The molecule has 1 amide bonds. The van der Waals surface area contributed by atoms with Crippen LogP contribution >= 0.6 is 0 Å². The fourth-order valence-corrected chi connectivity index (χ4v) is 2.30. The monoisotopic (exact) mass is 281 g/mol. The van der Waals surface area contributed by atoms with Crippen molar-refractivity contribution in [3.63, 3.8) is 0 Å². The van der Waals surface area contributed by atoms with Crippen LogP contribution in [0.4, 0.5) is 0 Å². The highest BCUT2D eigenvalue weighted by Gasteiger charge is 2.11. The van der Waals surface area contributed by atoms with E-state index < -0.39 is 0 Å².